The van der Waals surface area contributed by atoms with Crippen molar-refractivity contribution < 1.29 is 9.59 Å². The van der Waals surface area contributed by atoms with Gasteiger partial charge in [-0.3, -0.25) is 4.79 Å². The smallest absolute Gasteiger partial charge is 0.334 e. The second kappa shape index (κ2) is 6.07. The first-order chi connectivity index (χ1) is 11.7. The zero-order chi connectivity index (χ0) is 16.5. The van der Waals surface area contributed by atoms with Crippen LogP contribution >= 0.6 is 0 Å². The number of ketones is 1. The van der Waals surface area contributed by atoms with Crippen molar-refractivity contribution in [1.29, 1.82) is 0 Å². The maximum Gasteiger partial charge on any atom is 0.335 e. The third-order valence-corrected chi connectivity index (χ3v) is 4.83. The number of carbonyl (C=O) groups is 2. The van der Waals surface area contributed by atoms with Crippen molar-refractivity contribution in [2.45, 2.75) is 38.1 Å². The molecule has 122 valence electrons. The predicted molar refractivity (Wildman–Crippen MR) is 93.4 cm³/mol. The molecule has 2 aromatic rings. The van der Waals surface area contributed by atoms with E-state index in [0.29, 0.717) is 11.3 Å². The highest BCUT2D eigenvalue weighted by Crippen LogP contribution is 2.30. The van der Waals surface area contributed by atoms with Crippen LogP contribution in [0, 0.1) is 0 Å². The van der Waals surface area contributed by atoms with Crippen LogP contribution in [0.25, 0.3) is 10.8 Å². The lowest BCUT2D eigenvalue weighted by atomic mass is 9.96. The summed E-state index contributed by atoms with van der Waals surface area (Å²) in [6.07, 6.45) is 5.55. The van der Waals surface area contributed by atoms with Crippen molar-refractivity contribution >= 4 is 28.3 Å². The van der Waals surface area contributed by atoms with E-state index >= 15 is 0 Å². The molecule has 4 rings (SSSR count). The molecule has 0 aliphatic heterocycles. The van der Waals surface area contributed by atoms with Crippen LogP contribution in [-0.2, 0) is 0 Å². The number of nitrogens with zero attached hydrogens (tertiary/aromatic N) is 1. The number of urea groups is 1. The van der Waals surface area contributed by atoms with Gasteiger partial charge in [-0.1, -0.05) is 55.7 Å². The summed E-state index contributed by atoms with van der Waals surface area (Å²) in [5, 5.41) is 8.97. The summed E-state index contributed by atoms with van der Waals surface area (Å²) < 4.78 is 0. The van der Waals surface area contributed by atoms with Gasteiger partial charge in [-0.05, 0) is 18.2 Å². The maximum atomic E-state index is 12.6. The molecule has 0 spiro atoms. The minimum absolute atomic E-state index is 0.139. The Hall–Kier alpha value is -2.69. The van der Waals surface area contributed by atoms with Crippen molar-refractivity contribution in [3.05, 3.63) is 47.5 Å². The summed E-state index contributed by atoms with van der Waals surface area (Å²) >= 11 is 0. The average molecular weight is 321 g/mol. The molecule has 0 aromatic heterocycles. The molecule has 2 amide bonds. The molecule has 2 aromatic carbocycles. The molecule has 5 nitrogen and oxygen atoms in total. The van der Waals surface area contributed by atoms with Gasteiger partial charge >= 0.3 is 6.03 Å². The Morgan fingerprint density at radius 2 is 1.71 bits per heavy atom. The summed E-state index contributed by atoms with van der Waals surface area (Å²) in [4.78, 5) is 24.6. The number of benzene rings is 2. The molecule has 24 heavy (non-hydrogen) atoms. The standard InChI is InChI=1S/C19H19N3O2/c23-18-15-11-5-7-12-6-4-10-14(16(12)15)17(18)21-22-19(24)20-13-8-2-1-3-9-13/h4-7,10-11,13H,1-3,8-9H2,(H2,20,22,24)/b21-17+. The molecular weight excluding hydrogens is 302 g/mol. The number of carbonyl (C=O) groups excluding carboxylic acids is 2. The molecular formula is C19H19N3O2. The molecule has 0 bridgehead atoms. The molecule has 0 atom stereocenters. The van der Waals surface area contributed by atoms with Gasteiger partial charge in [-0.15, -0.1) is 0 Å². The lowest BCUT2D eigenvalue weighted by Crippen LogP contribution is -2.41. The van der Waals surface area contributed by atoms with Crippen molar-refractivity contribution in [3.8, 4) is 0 Å². The first kappa shape index (κ1) is 14.9. The Balaban J connectivity index is 1.54. The molecule has 2 aliphatic rings. The van der Waals surface area contributed by atoms with Gasteiger partial charge in [-0.25, -0.2) is 10.2 Å². The third-order valence-electron chi connectivity index (χ3n) is 4.83. The van der Waals surface area contributed by atoms with Gasteiger partial charge in [-0.2, -0.15) is 5.10 Å². The van der Waals surface area contributed by atoms with Crippen LogP contribution in [0.3, 0.4) is 0 Å². The first-order valence-electron chi connectivity index (χ1n) is 8.45. The van der Waals surface area contributed by atoms with Crippen LogP contribution in [0.4, 0.5) is 4.79 Å². The van der Waals surface area contributed by atoms with Crippen molar-refractivity contribution in [2.24, 2.45) is 5.10 Å². The second-order valence-electron chi connectivity index (χ2n) is 6.42. The maximum absolute atomic E-state index is 12.6. The highest BCUT2D eigenvalue weighted by Gasteiger charge is 2.29. The molecule has 2 aliphatic carbocycles. The Bertz CT molecular complexity index is 846. The van der Waals surface area contributed by atoms with Gasteiger partial charge in [0.15, 0.2) is 0 Å². The van der Waals surface area contributed by atoms with E-state index in [-0.39, 0.29) is 17.9 Å². The summed E-state index contributed by atoms with van der Waals surface area (Å²) in [7, 11) is 0. The Morgan fingerprint density at radius 1 is 1.00 bits per heavy atom. The van der Waals surface area contributed by atoms with Gasteiger partial charge in [0.2, 0.25) is 5.78 Å². The minimum atomic E-state index is -0.342. The highest BCUT2D eigenvalue weighted by atomic mass is 16.2. The number of hydrazone groups is 1. The topological polar surface area (TPSA) is 70.6 Å². The highest BCUT2D eigenvalue weighted by molar-refractivity contribution is 6.59. The van der Waals surface area contributed by atoms with E-state index in [1.54, 1.807) is 6.07 Å². The fraction of sp³-hybridized carbons (Fsp3) is 0.316. The first-order valence-corrected chi connectivity index (χ1v) is 8.45. The van der Waals surface area contributed by atoms with Crippen molar-refractivity contribution in [2.75, 3.05) is 0 Å². The quantitative estimate of drug-likeness (QED) is 0.833. The van der Waals surface area contributed by atoms with E-state index in [4.69, 9.17) is 0 Å². The third kappa shape index (κ3) is 2.56. The SMILES string of the molecule is O=C(N/N=C1/C(=O)c2cccc3cccc1c23)NC1CCCCC1. The Morgan fingerprint density at radius 3 is 2.46 bits per heavy atom. The molecule has 1 fully saturated rings. The van der Waals surface area contributed by atoms with Gasteiger partial charge in [0.05, 0.1) is 0 Å². The molecule has 0 heterocycles. The Kier molecular flexibility index (Phi) is 3.76. The normalized spacial score (nSPS) is 19.0. The zero-order valence-electron chi connectivity index (χ0n) is 13.3. The number of nitrogens with one attached hydrogen (secondary N) is 2. The lowest BCUT2D eigenvalue weighted by Gasteiger charge is -2.22. The monoisotopic (exact) mass is 321 g/mol. The summed E-state index contributed by atoms with van der Waals surface area (Å²) in [6.45, 7) is 0. The molecule has 0 radical (unpaired) electrons. The number of Topliss-reactive ketones (excluding diaryl/α,β-unsaturated/α-hetero) is 1. The van der Waals surface area contributed by atoms with Crippen LogP contribution in [0.2, 0.25) is 0 Å². The van der Waals surface area contributed by atoms with Crippen molar-refractivity contribution in [1.82, 2.24) is 10.7 Å². The number of hydrogen-bond donors (Lipinski definition) is 2. The van der Waals surface area contributed by atoms with Crippen LogP contribution in [0.5, 0.6) is 0 Å². The van der Waals surface area contributed by atoms with Crippen LogP contribution in [0.1, 0.15) is 48.0 Å². The van der Waals surface area contributed by atoms with E-state index in [2.05, 4.69) is 15.8 Å². The van der Waals surface area contributed by atoms with Gasteiger partial charge < -0.3 is 5.32 Å². The van der Waals surface area contributed by atoms with E-state index in [0.717, 1.165) is 42.0 Å². The van der Waals surface area contributed by atoms with Crippen LogP contribution < -0.4 is 10.7 Å². The zero-order valence-corrected chi connectivity index (χ0v) is 13.3. The fourth-order valence-electron chi connectivity index (χ4n) is 3.66. The number of rotatable bonds is 2. The van der Waals surface area contributed by atoms with E-state index < -0.39 is 0 Å². The van der Waals surface area contributed by atoms with Crippen molar-refractivity contribution in [3.63, 3.8) is 0 Å². The van der Waals surface area contributed by atoms with Gasteiger partial charge in [0, 0.05) is 22.6 Å². The van der Waals surface area contributed by atoms with E-state index in [1.807, 2.05) is 30.3 Å². The minimum Gasteiger partial charge on any atom is -0.334 e. The van der Waals surface area contributed by atoms with Crippen LogP contribution in [-0.4, -0.2) is 23.6 Å². The summed E-state index contributed by atoms with van der Waals surface area (Å²) in [5.41, 5.74) is 4.24. The Labute approximate surface area is 140 Å². The second-order valence-corrected chi connectivity index (χ2v) is 6.42. The van der Waals surface area contributed by atoms with E-state index in [1.165, 1.54) is 6.42 Å². The molecule has 5 heteroatoms. The van der Waals surface area contributed by atoms with E-state index in [9.17, 15) is 9.59 Å². The predicted octanol–water partition coefficient (Wildman–Crippen LogP) is 3.37. The number of hydrogen-bond acceptors (Lipinski definition) is 3. The van der Waals surface area contributed by atoms with Crippen LogP contribution in [0.15, 0.2) is 41.5 Å². The largest absolute Gasteiger partial charge is 0.335 e. The summed E-state index contributed by atoms with van der Waals surface area (Å²) in [5.74, 6) is -0.139. The number of amides is 2. The van der Waals surface area contributed by atoms with Gasteiger partial charge in [0.25, 0.3) is 0 Å². The molecule has 0 unspecified atom stereocenters. The lowest BCUT2D eigenvalue weighted by molar-refractivity contribution is 0.106. The van der Waals surface area contributed by atoms with Gasteiger partial charge in [0.1, 0.15) is 5.71 Å². The molecule has 0 saturated heterocycles. The fourth-order valence-corrected chi connectivity index (χ4v) is 3.66. The summed E-state index contributed by atoms with van der Waals surface area (Å²) in [6, 6.07) is 11.3. The molecule has 2 N–H and O–H groups in total. The molecule has 1 saturated carbocycles. The average Bonchev–Trinajstić information content (AvgIpc) is 2.88.